The number of carbonyl (C=O) groups excluding carboxylic acids is 4. The molecule has 2 aliphatic carbocycles. The molecule has 2 aromatic heterocycles. The number of likely N-dealkylation sites (tertiary alicyclic amines) is 1. The molecule has 2 aliphatic heterocycles. The Morgan fingerprint density at radius 1 is 0.962 bits per heavy atom. The van der Waals surface area contributed by atoms with Gasteiger partial charge in [0.2, 0.25) is 11.9 Å². The quantitative estimate of drug-likeness (QED) is 0.231. The molecule has 13 nitrogen and oxygen atoms in total. The summed E-state index contributed by atoms with van der Waals surface area (Å²) in [5, 5.41) is 25.5. The van der Waals surface area contributed by atoms with E-state index < -0.39 is 28.6 Å². The summed E-state index contributed by atoms with van der Waals surface area (Å²) in [6.45, 7) is 2.30. The number of aromatic nitrogens is 3. The average molecular weight is 740 g/mol. The number of hydrogen-bond acceptors (Lipinski definition) is 8. The van der Waals surface area contributed by atoms with E-state index in [4.69, 9.17) is 23.2 Å². The van der Waals surface area contributed by atoms with Gasteiger partial charge in [-0.05, 0) is 80.6 Å². The average Bonchev–Trinajstić information content (AvgIpc) is 4.01. The van der Waals surface area contributed by atoms with E-state index in [0.717, 1.165) is 5.56 Å². The van der Waals surface area contributed by atoms with Crippen LogP contribution in [0.3, 0.4) is 0 Å². The summed E-state index contributed by atoms with van der Waals surface area (Å²) in [4.78, 5) is 67.0. The second-order valence-corrected chi connectivity index (χ2v) is 15.0. The van der Waals surface area contributed by atoms with Crippen molar-refractivity contribution in [2.75, 3.05) is 18.0 Å². The van der Waals surface area contributed by atoms with Gasteiger partial charge in [0.25, 0.3) is 17.7 Å². The molecule has 4 aliphatic rings. The van der Waals surface area contributed by atoms with Crippen molar-refractivity contribution in [3.8, 4) is 6.07 Å². The highest BCUT2D eigenvalue weighted by atomic mass is 35.5. The van der Waals surface area contributed by atoms with Crippen molar-refractivity contribution in [1.82, 2.24) is 30.1 Å². The van der Waals surface area contributed by atoms with E-state index in [1.165, 1.54) is 17.3 Å². The minimum Gasteiger partial charge on any atom is -0.389 e. The number of rotatable bonds is 9. The fourth-order valence-corrected chi connectivity index (χ4v) is 7.57. The van der Waals surface area contributed by atoms with Gasteiger partial charge in [-0.15, -0.1) is 0 Å². The van der Waals surface area contributed by atoms with E-state index in [0.29, 0.717) is 58.2 Å². The van der Waals surface area contributed by atoms with Crippen molar-refractivity contribution in [3.05, 3.63) is 105 Å². The van der Waals surface area contributed by atoms with Gasteiger partial charge in [-0.1, -0.05) is 35.3 Å². The predicted octanol–water partition coefficient (Wildman–Crippen LogP) is 3.98. The van der Waals surface area contributed by atoms with Crippen molar-refractivity contribution in [3.63, 3.8) is 0 Å². The normalized spacial score (nSPS) is 20.8. The molecule has 0 spiro atoms. The summed E-state index contributed by atoms with van der Waals surface area (Å²) in [5.74, 6) is -1.31. The van der Waals surface area contributed by atoms with Crippen LogP contribution in [-0.2, 0) is 27.1 Å². The lowest BCUT2D eigenvalue weighted by Crippen LogP contribution is -2.53. The maximum Gasteiger partial charge on any atom is 0.270 e. The first-order valence-electron chi connectivity index (χ1n) is 16.8. The van der Waals surface area contributed by atoms with Crippen molar-refractivity contribution < 1.29 is 24.3 Å². The number of halogens is 2. The van der Waals surface area contributed by atoms with Crippen LogP contribution in [0.25, 0.3) is 0 Å². The Morgan fingerprint density at radius 3 is 2.23 bits per heavy atom. The summed E-state index contributed by atoms with van der Waals surface area (Å²) >= 11 is 12.6. The fraction of sp³-hybridized carbons (Fsp3) is 0.324. The molecule has 1 atom stereocenters. The van der Waals surface area contributed by atoms with Gasteiger partial charge in [0.1, 0.15) is 16.8 Å². The summed E-state index contributed by atoms with van der Waals surface area (Å²) < 4.78 is 1.59. The molecule has 4 heterocycles. The van der Waals surface area contributed by atoms with Gasteiger partial charge in [0.15, 0.2) is 0 Å². The number of β-amino-alcohol motifs (C(OH)–C–C–N with tert-alkyl or cyclic N) is 1. The number of nitriles is 1. The second kappa shape index (κ2) is 12.2. The van der Waals surface area contributed by atoms with E-state index in [-0.39, 0.29) is 48.9 Å². The molecule has 0 bridgehead atoms. The first-order chi connectivity index (χ1) is 24.8. The Bertz CT molecular complexity index is 2180. The van der Waals surface area contributed by atoms with E-state index in [9.17, 15) is 29.5 Å². The van der Waals surface area contributed by atoms with E-state index in [1.807, 2.05) is 0 Å². The lowest BCUT2D eigenvalue weighted by atomic mass is 9.91. The number of nitrogens with one attached hydrogen (secondary N) is 2. The minimum absolute atomic E-state index is 0.0898. The van der Waals surface area contributed by atoms with Crippen LogP contribution in [0.2, 0.25) is 10.0 Å². The van der Waals surface area contributed by atoms with Crippen LogP contribution in [0.4, 0.5) is 11.6 Å². The van der Waals surface area contributed by atoms with Gasteiger partial charge in [-0.2, -0.15) is 5.26 Å². The van der Waals surface area contributed by atoms with Crippen LogP contribution < -0.4 is 15.5 Å². The number of hydrogen-bond donors (Lipinski definition) is 3. The van der Waals surface area contributed by atoms with Crippen molar-refractivity contribution in [2.45, 2.75) is 61.7 Å². The van der Waals surface area contributed by atoms with Gasteiger partial charge < -0.3 is 20.6 Å². The van der Waals surface area contributed by atoms with E-state index in [2.05, 4.69) is 26.7 Å². The molecular weight excluding hydrogens is 707 g/mol. The predicted molar refractivity (Wildman–Crippen MR) is 189 cm³/mol. The molecule has 2 aromatic carbocycles. The lowest BCUT2D eigenvalue weighted by molar-refractivity contribution is -0.125. The molecule has 4 amide bonds. The second-order valence-electron chi connectivity index (χ2n) is 14.2. The van der Waals surface area contributed by atoms with Gasteiger partial charge >= 0.3 is 0 Å². The zero-order chi connectivity index (χ0) is 36.6. The Hall–Kier alpha value is -5.29. The zero-order valence-electron chi connectivity index (χ0n) is 27.9. The van der Waals surface area contributed by atoms with Crippen molar-refractivity contribution >= 4 is 58.5 Å². The molecule has 3 fully saturated rings. The Labute approximate surface area is 308 Å². The van der Waals surface area contributed by atoms with Gasteiger partial charge in [0.05, 0.1) is 46.4 Å². The summed E-state index contributed by atoms with van der Waals surface area (Å²) in [7, 11) is 0. The number of fused-ring (bicyclic) bond motifs is 1. The molecule has 0 radical (unpaired) electrons. The topological polar surface area (TPSA) is 174 Å². The Kier molecular flexibility index (Phi) is 7.91. The fourth-order valence-electron chi connectivity index (χ4n) is 7.05. The number of anilines is 2. The number of amides is 4. The molecule has 8 rings (SSSR count). The summed E-state index contributed by atoms with van der Waals surface area (Å²) in [6, 6.07) is 17.1. The van der Waals surface area contributed by atoms with Crippen LogP contribution in [0, 0.1) is 11.3 Å². The number of aliphatic hydroxyl groups excluding tert-OH is 1. The Morgan fingerprint density at radius 2 is 1.65 bits per heavy atom. The minimum atomic E-state index is -1.34. The molecule has 3 N–H and O–H groups in total. The number of aliphatic hydroxyl groups is 1. The number of nitrogens with zero attached hydrogens (tertiary/aromatic N) is 6. The third kappa shape index (κ3) is 5.67. The third-order valence-electron chi connectivity index (χ3n) is 10.4. The van der Waals surface area contributed by atoms with Gasteiger partial charge in [0, 0.05) is 35.8 Å². The highest BCUT2D eigenvalue weighted by molar-refractivity contribution is 6.35. The molecule has 52 heavy (non-hydrogen) atoms. The maximum atomic E-state index is 14.4. The third-order valence-corrected chi connectivity index (χ3v) is 10.8. The summed E-state index contributed by atoms with van der Waals surface area (Å²) in [5.41, 5.74) is -0.508. The van der Waals surface area contributed by atoms with E-state index >= 15 is 0 Å². The Balaban J connectivity index is 1.05. The molecule has 0 unspecified atom stereocenters. The lowest BCUT2D eigenvalue weighted by Gasteiger charge is -2.35. The van der Waals surface area contributed by atoms with Crippen LogP contribution in [0.15, 0.2) is 67.0 Å². The SMILES string of the molecule is C[C@@]1(Cc2ccc(C#N)cc2)C(=O)N(c2cc(Cl)cc(Cl)c2)c2ncc(C(=O)NC3(C(=O)NC4(c5ccc(C(=O)N6CC(O)C6)cn5)CC4)CC3)n21. The number of imidazole rings is 1. The highest BCUT2D eigenvalue weighted by Gasteiger charge is 2.57. The molecule has 264 valence electrons. The van der Waals surface area contributed by atoms with Crippen LogP contribution in [0.5, 0.6) is 0 Å². The molecule has 15 heteroatoms. The maximum absolute atomic E-state index is 14.4. The molecule has 1 saturated heterocycles. The van der Waals surface area contributed by atoms with Crippen molar-refractivity contribution in [1.29, 1.82) is 5.26 Å². The zero-order valence-corrected chi connectivity index (χ0v) is 29.4. The van der Waals surface area contributed by atoms with Gasteiger partial charge in [-0.25, -0.2) is 9.88 Å². The van der Waals surface area contributed by atoms with Crippen molar-refractivity contribution in [2.24, 2.45) is 0 Å². The molecule has 4 aromatic rings. The molecular formula is C37H32Cl2N8O5. The number of pyridine rings is 1. The molecule has 2 saturated carbocycles. The largest absolute Gasteiger partial charge is 0.389 e. The summed E-state index contributed by atoms with van der Waals surface area (Å²) in [6.07, 6.45) is 4.66. The first-order valence-corrected chi connectivity index (χ1v) is 17.6. The van der Waals surface area contributed by atoms with E-state index in [1.54, 1.807) is 71.0 Å². The van der Waals surface area contributed by atoms with Gasteiger partial charge in [-0.3, -0.25) is 28.7 Å². The van der Waals surface area contributed by atoms with Crippen LogP contribution in [-0.4, -0.2) is 72.9 Å². The highest BCUT2D eigenvalue weighted by Crippen LogP contribution is 2.47. The first kappa shape index (κ1) is 33.8. The van der Waals surface area contributed by atoms with Crippen LogP contribution in [0.1, 0.15) is 70.3 Å². The van der Waals surface area contributed by atoms with Crippen LogP contribution >= 0.6 is 23.2 Å². The monoisotopic (exact) mass is 738 g/mol. The smallest absolute Gasteiger partial charge is 0.270 e. The number of carbonyl (C=O) groups is 4. The standard InChI is InChI=1S/C37H32Cl2N8O5/c1-35(15-21-2-4-22(16-40)5-3-21)33(52)46(26-13-24(38)12-25(39)14-26)34-42-18-28(47(34)35)30(49)43-37(10-11-37)32(51)44-36(8-9-36)29-7-6-23(17-41-29)31(50)45-19-27(48)20-45/h2-7,12-14,17-18,27,48H,8-11,15,19-20H2,1H3,(H,43,49)(H,44,51)/t35-/m1/s1. The number of benzene rings is 2.